The minimum atomic E-state index is -0.516. The quantitative estimate of drug-likeness (QED) is 0.487. The number of ether oxygens (including phenoxy) is 2. The summed E-state index contributed by atoms with van der Waals surface area (Å²) in [6, 6.07) is 8.87. The molecule has 0 atom stereocenters. The molecule has 1 N–H and O–H groups in total. The molecule has 1 amide bonds. The van der Waals surface area contributed by atoms with Crippen molar-refractivity contribution in [3.63, 3.8) is 0 Å². The molecule has 6 nitrogen and oxygen atoms in total. The topological polar surface area (TPSA) is 77.8 Å². The standard InChI is InChI=1S/C20H18BrNO5S/c1-4-26-20(24)17-13(12-9-11(2)5-6-14(12)25-3)10-28-19(17)22-18(23)15-7-8-16(21)27-15/h5-10H,4H2,1-3H3,(H,22,23). The van der Waals surface area contributed by atoms with E-state index in [-0.39, 0.29) is 17.9 Å². The van der Waals surface area contributed by atoms with Crippen molar-refractivity contribution in [3.8, 4) is 16.9 Å². The first-order valence-corrected chi connectivity index (χ1v) is 10.1. The second-order valence-corrected chi connectivity index (χ2v) is 7.50. The minimum Gasteiger partial charge on any atom is -0.496 e. The first-order valence-electron chi connectivity index (χ1n) is 8.44. The van der Waals surface area contributed by atoms with E-state index in [9.17, 15) is 9.59 Å². The molecule has 3 rings (SSSR count). The minimum absolute atomic E-state index is 0.129. The van der Waals surface area contributed by atoms with Crippen LogP contribution in [0, 0.1) is 6.92 Å². The molecule has 0 saturated heterocycles. The highest BCUT2D eigenvalue weighted by molar-refractivity contribution is 9.10. The van der Waals surface area contributed by atoms with Crippen LogP contribution >= 0.6 is 27.3 Å². The third kappa shape index (κ3) is 4.13. The molecule has 0 aliphatic rings. The van der Waals surface area contributed by atoms with Crippen LogP contribution in [0.5, 0.6) is 5.75 Å². The Kier molecular flexibility index (Phi) is 6.21. The Morgan fingerprint density at radius 1 is 1.21 bits per heavy atom. The summed E-state index contributed by atoms with van der Waals surface area (Å²) in [5.74, 6) is -0.217. The van der Waals surface area contributed by atoms with Gasteiger partial charge in [0, 0.05) is 16.5 Å². The first kappa shape index (κ1) is 20.2. The number of carbonyl (C=O) groups excluding carboxylic acids is 2. The summed E-state index contributed by atoms with van der Waals surface area (Å²) < 4.78 is 16.4. The summed E-state index contributed by atoms with van der Waals surface area (Å²) >= 11 is 4.41. The van der Waals surface area contributed by atoms with Crippen LogP contribution in [0.3, 0.4) is 0 Å². The van der Waals surface area contributed by atoms with Crippen LogP contribution < -0.4 is 10.1 Å². The SMILES string of the molecule is CCOC(=O)c1c(-c2cc(C)ccc2OC)csc1NC(=O)c1ccc(Br)o1. The van der Waals surface area contributed by atoms with Crippen LogP contribution in [0.15, 0.2) is 44.8 Å². The molecule has 28 heavy (non-hydrogen) atoms. The van der Waals surface area contributed by atoms with E-state index in [1.807, 2.05) is 25.1 Å². The summed E-state index contributed by atoms with van der Waals surface area (Å²) in [5.41, 5.74) is 2.69. The molecule has 146 valence electrons. The third-order valence-electron chi connectivity index (χ3n) is 3.94. The van der Waals surface area contributed by atoms with Crippen LogP contribution in [0.1, 0.15) is 33.4 Å². The molecule has 0 spiro atoms. The monoisotopic (exact) mass is 463 g/mol. The Balaban J connectivity index is 2.06. The van der Waals surface area contributed by atoms with E-state index in [0.29, 0.717) is 21.0 Å². The van der Waals surface area contributed by atoms with Gasteiger partial charge in [0.2, 0.25) is 0 Å². The summed E-state index contributed by atoms with van der Waals surface area (Å²) in [5, 5.41) is 4.93. The molecule has 0 aliphatic heterocycles. The van der Waals surface area contributed by atoms with Gasteiger partial charge in [-0.15, -0.1) is 11.3 Å². The van der Waals surface area contributed by atoms with Crippen molar-refractivity contribution < 1.29 is 23.5 Å². The fraction of sp³-hybridized carbons (Fsp3) is 0.200. The summed E-state index contributed by atoms with van der Waals surface area (Å²) in [7, 11) is 1.57. The Bertz CT molecular complexity index is 1020. The van der Waals surface area contributed by atoms with Crippen LogP contribution in [-0.4, -0.2) is 25.6 Å². The molecular formula is C20H18BrNO5S. The molecule has 2 heterocycles. The zero-order valence-corrected chi connectivity index (χ0v) is 17.9. The molecule has 0 unspecified atom stereocenters. The summed E-state index contributed by atoms with van der Waals surface area (Å²) in [6.07, 6.45) is 0. The van der Waals surface area contributed by atoms with E-state index in [2.05, 4.69) is 21.2 Å². The van der Waals surface area contributed by atoms with Crippen LogP contribution in [0.2, 0.25) is 0 Å². The zero-order chi connectivity index (χ0) is 20.3. The van der Waals surface area contributed by atoms with Crippen LogP contribution in [0.4, 0.5) is 5.00 Å². The first-order chi connectivity index (χ1) is 13.4. The second-order valence-electron chi connectivity index (χ2n) is 5.84. The molecule has 2 aromatic heterocycles. The van der Waals surface area contributed by atoms with Crippen molar-refractivity contribution in [2.24, 2.45) is 0 Å². The molecule has 0 fully saturated rings. The number of amides is 1. The highest BCUT2D eigenvalue weighted by Gasteiger charge is 2.25. The zero-order valence-electron chi connectivity index (χ0n) is 15.5. The lowest BCUT2D eigenvalue weighted by atomic mass is 10.0. The largest absolute Gasteiger partial charge is 0.496 e. The fourth-order valence-electron chi connectivity index (χ4n) is 2.69. The number of benzene rings is 1. The maximum atomic E-state index is 12.7. The van der Waals surface area contributed by atoms with Crippen molar-refractivity contribution in [1.82, 2.24) is 0 Å². The molecular weight excluding hydrogens is 446 g/mol. The third-order valence-corrected chi connectivity index (χ3v) is 5.26. The van der Waals surface area contributed by atoms with Crippen LogP contribution in [0.25, 0.3) is 11.1 Å². The van der Waals surface area contributed by atoms with Crippen LogP contribution in [-0.2, 0) is 4.74 Å². The van der Waals surface area contributed by atoms with Gasteiger partial charge in [0.1, 0.15) is 16.3 Å². The van der Waals surface area contributed by atoms with Crippen molar-refractivity contribution in [2.75, 3.05) is 19.0 Å². The lowest BCUT2D eigenvalue weighted by molar-refractivity contribution is 0.0529. The number of rotatable bonds is 6. The van der Waals surface area contributed by atoms with E-state index in [1.165, 1.54) is 11.3 Å². The number of hydrogen-bond acceptors (Lipinski definition) is 6. The van der Waals surface area contributed by atoms with Crippen molar-refractivity contribution in [2.45, 2.75) is 13.8 Å². The number of thiophene rings is 1. The maximum absolute atomic E-state index is 12.7. The van der Waals surface area contributed by atoms with Gasteiger partial charge >= 0.3 is 5.97 Å². The van der Waals surface area contributed by atoms with Crippen molar-refractivity contribution in [3.05, 3.63) is 57.3 Å². The lowest BCUT2D eigenvalue weighted by Gasteiger charge is -2.11. The highest BCUT2D eigenvalue weighted by Crippen LogP contribution is 2.40. The van der Waals surface area contributed by atoms with Gasteiger partial charge in [-0.25, -0.2) is 4.79 Å². The fourth-order valence-corrected chi connectivity index (χ4v) is 3.94. The Morgan fingerprint density at radius 3 is 2.64 bits per heavy atom. The number of halogens is 1. The number of hydrogen-bond donors (Lipinski definition) is 1. The number of methoxy groups -OCH3 is 1. The molecule has 0 radical (unpaired) electrons. The Hall–Kier alpha value is -2.58. The molecule has 8 heteroatoms. The smallest absolute Gasteiger partial charge is 0.341 e. The van der Waals surface area contributed by atoms with Gasteiger partial charge in [0.25, 0.3) is 5.91 Å². The highest BCUT2D eigenvalue weighted by atomic mass is 79.9. The number of aryl methyl sites for hydroxylation is 1. The average Bonchev–Trinajstić information content (AvgIpc) is 3.28. The molecule has 3 aromatic rings. The molecule has 1 aromatic carbocycles. The van der Waals surface area contributed by atoms with E-state index >= 15 is 0 Å². The van der Waals surface area contributed by atoms with Gasteiger partial charge in [0.05, 0.1) is 13.7 Å². The van der Waals surface area contributed by atoms with Gasteiger partial charge in [-0.3, -0.25) is 4.79 Å². The van der Waals surface area contributed by atoms with Gasteiger partial charge in [0.15, 0.2) is 10.4 Å². The van der Waals surface area contributed by atoms with E-state index in [4.69, 9.17) is 13.9 Å². The summed E-state index contributed by atoms with van der Waals surface area (Å²) in [4.78, 5) is 25.2. The predicted octanol–water partition coefficient (Wildman–Crippen LogP) is 5.52. The molecule has 0 bridgehead atoms. The summed E-state index contributed by atoms with van der Waals surface area (Å²) in [6.45, 7) is 3.91. The van der Waals surface area contributed by atoms with Gasteiger partial charge in [-0.1, -0.05) is 11.6 Å². The maximum Gasteiger partial charge on any atom is 0.341 e. The van der Waals surface area contributed by atoms with E-state index < -0.39 is 11.9 Å². The number of furan rings is 1. The van der Waals surface area contributed by atoms with Gasteiger partial charge in [-0.05, 0) is 54.0 Å². The number of carbonyl (C=O) groups is 2. The van der Waals surface area contributed by atoms with Crippen molar-refractivity contribution >= 4 is 44.1 Å². The van der Waals surface area contributed by atoms with Gasteiger partial charge in [-0.2, -0.15) is 0 Å². The van der Waals surface area contributed by atoms with E-state index in [1.54, 1.807) is 31.5 Å². The Labute approximate surface area is 174 Å². The average molecular weight is 464 g/mol. The number of anilines is 1. The second kappa shape index (κ2) is 8.62. The molecule has 0 aliphatic carbocycles. The Morgan fingerprint density at radius 2 is 2.00 bits per heavy atom. The predicted molar refractivity (Wildman–Crippen MR) is 111 cm³/mol. The lowest BCUT2D eigenvalue weighted by Crippen LogP contribution is -2.14. The van der Waals surface area contributed by atoms with Gasteiger partial charge < -0.3 is 19.2 Å². The molecule has 0 saturated carbocycles. The van der Waals surface area contributed by atoms with Crippen molar-refractivity contribution in [1.29, 1.82) is 0 Å². The number of nitrogens with one attached hydrogen (secondary N) is 1. The van der Waals surface area contributed by atoms with E-state index in [0.717, 1.165) is 11.1 Å². The number of esters is 1. The normalized spacial score (nSPS) is 10.6.